The summed E-state index contributed by atoms with van der Waals surface area (Å²) in [6, 6.07) is 0.540. The van der Waals surface area contributed by atoms with Crippen molar-refractivity contribution in [2.75, 3.05) is 6.54 Å². The van der Waals surface area contributed by atoms with E-state index >= 15 is 0 Å². The topological polar surface area (TPSA) is 12.0 Å². The van der Waals surface area contributed by atoms with Crippen molar-refractivity contribution >= 4 is 0 Å². The molecular weight excluding hydrogens is 146 g/mol. The fraction of sp³-hybridized carbons (Fsp3) is 0.818. The monoisotopic (exact) mass is 167 g/mol. The normalized spacial score (nSPS) is 13.9. The molecule has 0 aliphatic rings. The van der Waals surface area contributed by atoms with Crippen molar-refractivity contribution in [3.8, 4) is 12.3 Å². The van der Waals surface area contributed by atoms with Gasteiger partial charge in [0.25, 0.3) is 0 Å². The number of hydrogen-bond acceptors (Lipinski definition) is 1. The van der Waals surface area contributed by atoms with Gasteiger partial charge in [0, 0.05) is 12.5 Å². The Morgan fingerprint density at radius 3 is 2.33 bits per heavy atom. The van der Waals surface area contributed by atoms with Crippen LogP contribution >= 0.6 is 0 Å². The summed E-state index contributed by atoms with van der Waals surface area (Å²) in [5, 5.41) is 3.46. The lowest BCUT2D eigenvalue weighted by molar-refractivity contribution is 0.260. The zero-order chi connectivity index (χ0) is 9.61. The fourth-order valence-electron chi connectivity index (χ4n) is 1.32. The number of hydrogen-bond donors (Lipinski definition) is 1. The predicted octanol–water partition coefficient (Wildman–Crippen LogP) is 2.42. The van der Waals surface area contributed by atoms with Crippen LogP contribution in [0.2, 0.25) is 0 Å². The standard InChI is InChI=1S/C11H21N/c1-6-8-9-10(12-7-2)11(3,4)5/h1,10,12H,7-9H2,2-5H3. The van der Waals surface area contributed by atoms with Crippen LogP contribution < -0.4 is 5.32 Å². The van der Waals surface area contributed by atoms with Gasteiger partial charge in [-0.05, 0) is 18.4 Å². The van der Waals surface area contributed by atoms with Gasteiger partial charge in [0.15, 0.2) is 0 Å². The van der Waals surface area contributed by atoms with E-state index in [1.807, 2.05) is 0 Å². The van der Waals surface area contributed by atoms with Gasteiger partial charge in [-0.25, -0.2) is 0 Å². The molecule has 1 N–H and O–H groups in total. The molecule has 0 spiro atoms. The van der Waals surface area contributed by atoms with Crippen LogP contribution in [0.4, 0.5) is 0 Å². The van der Waals surface area contributed by atoms with Crippen LogP contribution in [0.25, 0.3) is 0 Å². The third-order valence-corrected chi connectivity index (χ3v) is 2.07. The first-order valence-corrected chi connectivity index (χ1v) is 4.69. The zero-order valence-corrected chi connectivity index (χ0v) is 8.78. The average Bonchev–Trinajstić information content (AvgIpc) is 1.95. The summed E-state index contributed by atoms with van der Waals surface area (Å²) in [5.74, 6) is 2.69. The smallest absolute Gasteiger partial charge is 0.0124 e. The van der Waals surface area contributed by atoms with Gasteiger partial charge in [0.2, 0.25) is 0 Å². The number of terminal acetylenes is 1. The first-order chi connectivity index (χ1) is 5.52. The first-order valence-electron chi connectivity index (χ1n) is 4.69. The summed E-state index contributed by atoms with van der Waals surface area (Å²) in [5.41, 5.74) is 0.312. The Bertz CT molecular complexity index is 147. The molecule has 12 heavy (non-hydrogen) atoms. The molecule has 70 valence electrons. The maximum absolute atomic E-state index is 5.24. The highest BCUT2D eigenvalue weighted by molar-refractivity contribution is 4.89. The molecule has 0 amide bonds. The van der Waals surface area contributed by atoms with Gasteiger partial charge in [-0.2, -0.15) is 0 Å². The lowest BCUT2D eigenvalue weighted by Crippen LogP contribution is -2.40. The second kappa shape index (κ2) is 5.22. The van der Waals surface area contributed by atoms with Crippen molar-refractivity contribution in [1.82, 2.24) is 5.32 Å². The van der Waals surface area contributed by atoms with E-state index in [4.69, 9.17) is 6.42 Å². The Morgan fingerprint density at radius 2 is 2.00 bits per heavy atom. The Hall–Kier alpha value is -0.480. The van der Waals surface area contributed by atoms with Crippen LogP contribution in [-0.2, 0) is 0 Å². The highest BCUT2D eigenvalue weighted by Crippen LogP contribution is 2.22. The van der Waals surface area contributed by atoms with Crippen LogP contribution in [0.15, 0.2) is 0 Å². The molecule has 0 fully saturated rings. The Balaban J connectivity index is 3.97. The Morgan fingerprint density at radius 1 is 1.42 bits per heavy atom. The molecule has 0 saturated heterocycles. The molecule has 0 rings (SSSR count). The van der Waals surface area contributed by atoms with E-state index in [-0.39, 0.29) is 0 Å². The third kappa shape index (κ3) is 4.41. The van der Waals surface area contributed by atoms with E-state index < -0.39 is 0 Å². The lowest BCUT2D eigenvalue weighted by Gasteiger charge is -2.31. The first kappa shape index (κ1) is 11.5. The summed E-state index contributed by atoms with van der Waals surface area (Å²) in [4.78, 5) is 0. The molecule has 0 aromatic heterocycles. The maximum atomic E-state index is 5.24. The van der Waals surface area contributed by atoms with Crippen molar-refractivity contribution in [3.05, 3.63) is 0 Å². The van der Waals surface area contributed by atoms with Gasteiger partial charge in [0.05, 0.1) is 0 Å². The number of rotatable bonds is 4. The van der Waals surface area contributed by atoms with Gasteiger partial charge < -0.3 is 5.32 Å². The molecule has 1 atom stereocenters. The molecular formula is C11H21N. The SMILES string of the molecule is C#CCCC(NCC)C(C)(C)C. The lowest BCUT2D eigenvalue weighted by atomic mass is 9.84. The quantitative estimate of drug-likeness (QED) is 0.634. The van der Waals surface area contributed by atoms with Gasteiger partial charge in [-0.15, -0.1) is 12.3 Å². The average molecular weight is 167 g/mol. The number of nitrogens with one attached hydrogen (secondary N) is 1. The van der Waals surface area contributed by atoms with Crippen LogP contribution in [0, 0.1) is 17.8 Å². The molecule has 0 bridgehead atoms. The van der Waals surface area contributed by atoms with E-state index in [1.165, 1.54) is 0 Å². The van der Waals surface area contributed by atoms with E-state index in [2.05, 4.69) is 38.9 Å². The second-order valence-corrected chi connectivity index (χ2v) is 4.22. The molecule has 1 unspecified atom stereocenters. The molecule has 0 heterocycles. The van der Waals surface area contributed by atoms with Gasteiger partial charge in [0.1, 0.15) is 0 Å². The van der Waals surface area contributed by atoms with Crippen molar-refractivity contribution in [3.63, 3.8) is 0 Å². The van der Waals surface area contributed by atoms with Crippen LogP contribution in [-0.4, -0.2) is 12.6 Å². The van der Waals surface area contributed by atoms with Crippen molar-refractivity contribution < 1.29 is 0 Å². The van der Waals surface area contributed by atoms with Gasteiger partial charge in [-0.1, -0.05) is 27.7 Å². The van der Waals surface area contributed by atoms with Crippen LogP contribution in [0.3, 0.4) is 0 Å². The maximum Gasteiger partial charge on any atom is 0.0124 e. The third-order valence-electron chi connectivity index (χ3n) is 2.07. The Labute approximate surface area is 76.9 Å². The molecule has 0 saturated carbocycles. The summed E-state index contributed by atoms with van der Waals surface area (Å²) in [6.07, 6.45) is 7.19. The van der Waals surface area contributed by atoms with Crippen LogP contribution in [0.5, 0.6) is 0 Å². The van der Waals surface area contributed by atoms with E-state index in [0.717, 1.165) is 19.4 Å². The van der Waals surface area contributed by atoms with Crippen molar-refractivity contribution in [1.29, 1.82) is 0 Å². The predicted molar refractivity (Wildman–Crippen MR) is 55.0 cm³/mol. The van der Waals surface area contributed by atoms with Gasteiger partial charge in [-0.3, -0.25) is 0 Å². The Kier molecular flexibility index (Phi) is 5.01. The fourth-order valence-corrected chi connectivity index (χ4v) is 1.32. The molecule has 0 aromatic carbocycles. The molecule has 0 aliphatic heterocycles. The summed E-state index contributed by atoms with van der Waals surface area (Å²) >= 11 is 0. The highest BCUT2D eigenvalue weighted by atomic mass is 14.9. The minimum atomic E-state index is 0.312. The molecule has 1 heteroatoms. The minimum absolute atomic E-state index is 0.312. The van der Waals surface area contributed by atoms with Crippen molar-refractivity contribution in [2.24, 2.45) is 5.41 Å². The molecule has 0 aromatic rings. The zero-order valence-electron chi connectivity index (χ0n) is 8.78. The molecule has 1 nitrogen and oxygen atoms in total. The molecule has 0 radical (unpaired) electrons. The second-order valence-electron chi connectivity index (χ2n) is 4.22. The van der Waals surface area contributed by atoms with E-state index in [9.17, 15) is 0 Å². The van der Waals surface area contributed by atoms with Crippen LogP contribution in [0.1, 0.15) is 40.5 Å². The summed E-state index contributed by atoms with van der Waals surface area (Å²) in [7, 11) is 0. The highest BCUT2D eigenvalue weighted by Gasteiger charge is 2.22. The summed E-state index contributed by atoms with van der Waals surface area (Å²) < 4.78 is 0. The van der Waals surface area contributed by atoms with E-state index in [0.29, 0.717) is 11.5 Å². The minimum Gasteiger partial charge on any atom is -0.314 e. The summed E-state index contributed by atoms with van der Waals surface area (Å²) in [6.45, 7) is 9.89. The molecule has 0 aliphatic carbocycles. The van der Waals surface area contributed by atoms with Gasteiger partial charge >= 0.3 is 0 Å². The largest absolute Gasteiger partial charge is 0.314 e. The van der Waals surface area contributed by atoms with E-state index in [1.54, 1.807) is 0 Å². The van der Waals surface area contributed by atoms with Crippen molar-refractivity contribution in [2.45, 2.75) is 46.6 Å².